The molecule has 104 valence electrons. The Morgan fingerprint density at radius 3 is 2.44 bits per heavy atom. The first-order valence-electron chi connectivity index (χ1n) is 7.45. The lowest BCUT2D eigenvalue weighted by Crippen LogP contribution is -2.57. The fraction of sp³-hybridized carbons (Fsp3) is 1.00. The van der Waals surface area contributed by atoms with Gasteiger partial charge in [0.05, 0.1) is 12.3 Å². The summed E-state index contributed by atoms with van der Waals surface area (Å²) >= 11 is 2.59. The molecule has 0 amide bonds. The van der Waals surface area contributed by atoms with Crippen LogP contribution in [-0.2, 0) is 4.74 Å². The zero-order valence-electron chi connectivity index (χ0n) is 11.1. The van der Waals surface area contributed by atoms with E-state index in [4.69, 9.17) is 4.74 Å². The van der Waals surface area contributed by atoms with E-state index in [9.17, 15) is 4.39 Å². The van der Waals surface area contributed by atoms with E-state index in [1.807, 2.05) is 0 Å². The number of rotatable bonds is 6. The van der Waals surface area contributed by atoms with Gasteiger partial charge in [0.1, 0.15) is 0 Å². The lowest BCUT2D eigenvalue weighted by atomic mass is 9.48. The van der Waals surface area contributed by atoms with Gasteiger partial charge in [-0.2, -0.15) is 0 Å². The molecular formula is C15H24FIO. The van der Waals surface area contributed by atoms with Crippen molar-refractivity contribution < 1.29 is 9.13 Å². The van der Waals surface area contributed by atoms with Gasteiger partial charge < -0.3 is 4.74 Å². The van der Waals surface area contributed by atoms with Crippen LogP contribution >= 0.6 is 22.6 Å². The Bertz CT molecular complexity index is 293. The molecule has 4 rings (SSSR count). The summed E-state index contributed by atoms with van der Waals surface area (Å²) in [6, 6.07) is 0. The quantitative estimate of drug-likeness (QED) is 0.381. The highest BCUT2D eigenvalue weighted by Crippen LogP contribution is 2.63. The Balaban J connectivity index is 1.65. The van der Waals surface area contributed by atoms with Gasteiger partial charge in [0.15, 0.2) is 0 Å². The van der Waals surface area contributed by atoms with Gasteiger partial charge in [-0.05, 0) is 68.6 Å². The average molecular weight is 366 g/mol. The normalized spacial score (nSPS) is 45.7. The highest BCUT2D eigenvalue weighted by Gasteiger charge is 2.57. The molecule has 0 aromatic heterocycles. The van der Waals surface area contributed by atoms with Crippen LogP contribution < -0.4 is 0 Å². The Morgan fingerprint density at radius 1 is 1.11 bits per heavy atom. The van der Waals surface area contributed by atoms with E-state index < -0.39 is 0 Å². The van der Waals surface area contributed by atoms with Crippen molar-refractivity contribution in [3.05, 3.63) is 0 Å². The highest BCUT2D eigenvalue weighted by molar-refractivity contribution is 14.1. The minimum Gasteiger partial charge on any atom is -0.375 e. The minimum atomic E-state index is -0.195. The van der Waals surface area contributed by atoms with E-state index in [1.165, 1.54) is 43.0 Å². The summed E-state index contributed by atoms with van der Waals surface area (Å²) in [5, 5.41) is 0. The van der Waals surface area contributed by atoms with Crippen molar-refractivity contribution in [1.82, 2.24) is 0 Å². The second-order valence-electron chi connectivity index (χ2n) is 7.02. The van der Waals surface area contributed by atoms with Crippen LogP contribution in [0.2, 0.25) is 0 Å². The van der Waals surface area contributed by atoms with Gasteiger partial charge in [-0.15, -0.1) is 0 Å². The van der Waals surface area contributed by atoms with Crippen molar-refractivity contribution in [3.63, 3.8) is 0 Å². The van der Waals surface area contributed by atoms with E-state index in [-0.39, 0.29) is 12.3 Å². The fourth-order valence-corrected chi connectivity index (χ4v) is 6.07. The molecule has 0 heterocycles. The van der Waals surface area contributed by atoms with E-state index in [0.29, 0.717) is 11.8 Å². The summed E-state index contributed by atoms with van der Waals surface area (Å²) in [4.78, 5) is 0. The van der Waals surface area contributed by atoms with Crippen molar-refractivity contribution in [2.45, 2.75) is 57.0 Å². The summed E-state index contributed by atoms with van der Waals surface area (Å²) in [5.41, 5.74) is 0.774. The van der Waals surface area contributed by atoms with Gasteiger partial charge in [0.2, 0.25) is 0 Å². The summed E-state index contributed by atoms with van der Waals surface area (Å²) < 4.78 is 19.7. The van der Waals surface area contributed by atoms with Crippen LogP contribution in [0.5, 0.6) is 0 Å². The van der Waals surface area contributed by atoms with Crippen LogP contribution in [0.1, 0.15) is 51.4 Å². The maximum atomic E-state index is 12.1. The third-order valence-electron chi connectivity index (χ3n) is 5.35. The largest absolute Gasteiger partial charge is 0.375 e. The summed E-state index contributed by atoms with van der Waals surface area (Å²) in [6.07, 6.45) is 9.77. The average Bonchev–Trinajstić information content (AvgIpc) is 2.33. The van der Waals surface area contributed by atoms with Crippen molar-refractivity contribution in [3.8, 4) is 0 Å². The van der Waals surface area contributed by atoms with Crippen molar-refractivity contribution in [1.29, 1.82) is 0 Å². The smallest absolute Gasteiger partial charge is 0.0895 e. The highest BCUT2D eigenvalue weighted by atomic mass is 127. The molecule has 1 nitrogen and oxygen atoms in total. The maximum absolute atomic E-state index is 12.1. The molecule has 4 aliphatic rings. The van der Waals surface area contributed by atoms with Crippen molar-refractivity contribution in [2.24, 2.45) is 17.3 Å². The molecule has 4 bridgehead atoms. The molecule has 4 saturated carbocycles. The van der Waals surface area contributed by atoms with E-state index in [0.717, 1.165) is 24.9 Å². The van der Waals surface area contributed by atoms with Crippen LogP contribution in [0.15, 0.2) is 0 Å². The lowest BCUT2D eigenvalue weighted by molar-refractivity contribution is -0.186. The topological polar surface area (TPSA) is 9.23 Å². The summed E-state index contributed by atoms with van der Waals surface area (Å²) in [6.45, 7) is 0.583. The molecule has 0 aliphatic heterocycles. The first kappa shape index (κ1) is 13.6. The van der Waals surface area contributed by atoms with Crippen molar-refractivity contribution >= 4 is 22.6 Å². The first-order chi connectivity index (χ1) is 8.69. The summed E-state index contributed by atoms with van der Waals surface area (Å²) in [5.74, 6) is 1.84. The van der Waals surface area contributed by atoms with Gasteiger partial charge in [-0.3, -0.25) is 4.39 Å². The van der Waals surface area contributed by atoms with Gasteiger partial charge >= 0.3 is 0 Å². The molecule has 0 N–H and O–H groups in total. The lowest BCUT2D eigenvalue weighted by Gasteiger charge is -2.61. The predicted molar refractivity (Wildman–Crippen MR) is 79.9 cm³/mol. The van der Waals surface area contributed by atoms with Crippen LogP contribution in [0, 0.1) is 17.3 Å². The molecule has 0 aromatic carbocycles. The van der Waals surface area contributed by atoms with Crippen LogP contribution in [0.25, 0.3) is 0 Å². The zero-order chi connectivity index (χ0) is 12.6. The maximum Gasteiger partial charge on any atom is 0.0895 e. The molecule has 4 aliphatic carbocycles. The number of alkyl halides is 2. The van der Waals surface area contributed by atoms with Gasteiger partial charge in [-0.1, -0.05) is 22.6 Å². The summed E-state index contributed by atoms with van der Waals surface area (Å²) in [7, 11) is 0. The molecular weight excluding hydrogens is 342 g/mol. The fourth-order valence-electron chi connectivity index (χ4n) is 5.18. The van der Waals surface area contributed by atoms with Gasteiger partial charge in [-0.25, -0.2) is 0 Å². The van der Waals surface area contributed by atoms with Crippen molar-refractivity contribution in [2.75, 3.05) is 17.7 Å². The van der Waals surface area contributed by atoms with Crippen LogP contribution in [0.4, 0.5) is 4.39 Å². The molecule has 0 aromatic rings. The van der Waals surface area contributed by atoms with Crippen LogP contribution in [-0.4, -0.2) is 23.3 Å². The Kier molecular flexibility index (Phi) is 3.92. The van der Waals surface area contributed by atoms with Gasteiger partial charge in [0.25, 0.3) is 0 Å². The molecule has 2 atom stereocenters. The molecule has 2 unspecified atom stereocenters. The third kappa shape index (κ3) is 2.46. The van der Waals surface area contributed by atoms with E-state index in [2.05, 4.69) is 22.6 Å². The Labute approximate surface area is 123 Å². The molecule has 0 radical (unpaired) electrons. The molecule has 18 heavy (non-hydrogen) atoms. The monoisotopic (exact) mass is 366 g/mol. The number of hydrogen-bond acceptors (Lipinski definition) is 1. The van der Waals surface area contributed by atoms with E-state index in [1.54, 1.807) is 0 Å². The minimum absolute atomic E-state index is 0.186. The molecule has 3 heteroatoms. The molecule has 0 saturated heterocycles. The number of unbranched alkanes of at least 4 members (excludes halogenated alkanes) is 1. The van der Waals surface area contributed by atoms with Crippen LogP contribution in [0.3, 0.4) is 0 Å². The number of halogens is 2. The second-order valence-corrected chi connectivity index (χ2v) is 7.79. The van der Waals surface area contributed by atoms with E-state index >= 15 is 0 Å². The number of ether oxygens (including phenoxy) is 1. The van der Waals surface area contributed by atoms with Gasteiger partial charge in [0, 0.05) is 11.0 Å². The zero-order valence-corrected chi connectivity index (χ0v) is 13.3. The Morgan fingerprint density at radius 2 is 1.83 bits per heavy atom. The SMILES string of the molecule is FCCCCOC12CC3CC(CC(CI)(C3)C1)C2. The molecule has 0 spiro atoms. The predicted octanol–water partition coefficient (Wildman–Crippen LogP) is 4.53. The molecule has 4 fully saturated rings. The second kappa shape index (κ2) is 5.19. The number of hydrogen-bond donors (Lipinski definition) is 0. The first-order valence-corrected chi connectivity index (χ1v) is 8.98. The third-order valence-corrected chi connectivity index (χ3v) is 6.97. The Hall–Kier alpha value is 0.620. The standard InChI is InChI=1S/C15H24FIO/c16-3-1-2-4-18-15-8-12-5-13(9-15)7-14(6-12,10-15)11-17/h12-13H,1-11H2.